The summed E-state index contributed by atoms with van der Waals surface area (Å²) in [4.78, 5) is 1.16. The van der Waals surface area contributed by atoms with Crippen LogP contribution in [0.15, 0.2) is 53.4 Å². The topological polar surface area (TPSA) is 26.0 Å². The normalized spacial score (nSPS) is 10.3. The lowest BCUT2D eigenvalue weighted by Crippen LogP contribution is -1.88. The number of hydrogen-bond acceptors (Lipinski definition) is 2. The van der Waals surface area contributed by atoms with Crippen LogP contribution in [0.2, 0.25) is 0 Å². The number of thioether (sulfide) groups is 1. The summed E-state index contributed by atoms with van der Waals surface area (Å²) in [5.74, 6) is 0.967. The second-order valence-electron chi connectivity index (χ2n) is 3.81. The first-order chi connectivity index (χ1) is 7.75. The first kappa shape index (κ1) is 11.1. The molecule has 0 aromatic heterocycles. The van der Waals surface area contributed by atoms with Gasteiger partial charge in [0.2, 0.25) is 0 Å². The molecule has 0 saturated heterocycles. The highest BCUT2D eigenvalue weighted by atomic mass is 32.2. The summed E-state index contributed by atoms with van der Waals surface area (Å²) >= 11 is 1.78. The van der Waals surface area contributed by atoms with Crippen LogP contribution in [-0.4, -0.2) is 0 Å². The standard InChI is InChI=1S/C14H15NS/c1-11-6-8-12(9-7-11)10-16-14-5-3-2-4-13(14)15/h2-9H,10,15H2,1H3. The monoisotopic (exact) mass is 229 g/mol. The number of para-hydroxylation sites is 1. The van der Waals surface area contributed by atoms with E-state index < -0.39 is 0 Å². The Morgan fingerprint density at radius 2 is 1.69 bits per heavy atom. The van der Waals surface area contributed by atoms with Gasteiger partial charge in [-0.05, 0) is 24.6 Å². The zero-order chi connectivity index (χ0) is 11.4. The molecule has 2 heteroatoms. The van der Waals surface area contributed by atoms with E-state index in [1.165, 1.54) is 11.1 Å². The van der Waals surface area contributed by atoms with Crippen molar-refractivity contribution in [2.24, 2.45) is 0 Å². The van der Waals surface area contributed by atoms with Gasteiger partial charge < -0.3 is 5.73 Å². The highest BCUT2D eigenvalue weighted by Crippen LogP contribution is 2.27. The number of hydrogen-bond donors (Lipinski definition) is 1. The third-order valence-electron chi connectivity index (χ3n) is 2.43. The summed E-state index contributed by atoms with van der Waals surface area (Å²) < 4.78 is 0. The molecule has 0 unspecified atom stereocenters. The van der Waals surface area contributed by atoms with Crippen molar-refractivity contribution < 1.29 is 0 Å². The van der Waals surface area contributed by atoms with Gasteiger partial charge in [-0.2, -0.15) is 0 Å². The lowest BCUT2D eigenvalue weighted by molar-refractivity contribution is 1.35. The predicted octanol–water partition coefficient (Wildman–Crippen LogP) is 3.87. The molecule has 0 spiro atoms. The maximum absolute atomic E-state index is 5.89. The van der Waals surface area contributed by atoms with Gasteiger partial charge in [-0.1, -0.05) is 42.0 Å². The molecule has 0 radical (unpaired) electrons. The average molecular weight is 229 g/mol. The van der Waals surface area contributed by atoms with E-state index in [1.807, 2.05) is 18.2 Å². The molecule has 0 aliphatic carbocycles. The first-order valence-corrected chi connectivity index (χ1v) is 6.27. The van der Waals surface area contributed by atoms with Gasteiger partial charge in [-0.15, -0.1) is 11.8 Å². The van der Waals surface area contributed by atoms with Crippen molar-refractivity contribution in [3.8, 4) is 0 Å². The molecular weight excluding hydrogens is 214 g/mol. The Morgan fingerprint density at radius 3 is 2.38 bits per heavy atom. The first-order valence-electron chi connectivity index (χ1n) is 5.28. The molecule has 0 aliphatic heterocycles. The quantitative estimate of drug-likeness (QED) is 0.638. The fourth-order valence-corrected chi connectivity index (χ4v) is 2.38. The second kappa shape index (κ2) is 5.08. The molecule has 82 valence electrons. The van der Waals surface area contributed by atoms with Crippen LogP contribution in [-0.2, 0) is 5.75 Å². The minimum atomic E-state index is 0.861. The van der Waals surface area contributed by atoms with Crippen LogP contribution >= 0.6 is 11.8 Å². The van der Waals surface area contributed by atoms with E-state index in [2.05, 4.69) is 37.3 Å². The van der Waals surface area contributed by atoms with Crippen LogP contribution in [0.1, 0.15) is 11.1 Å². The predicted molar refractivity (Wildman–Crippen MR) is 71.6 cm³/mol. The van der Waals surface area contributed by atoms with E-state index in [0.717, 1.165) is 16.3 Å². The van der Waals surface area contributed by atoms with Crippen molar-refractivity contribution in [3.63, 3.8) is 0 Å². The number of rotatable bonds is 3. The lowest BCUT2D eigenvalue weighted by Gasteiger charge is -2.05. The fraction of sp³-hybridized carbons (Fsp3) is 0.143. The van der Waals surface area contributed by atoms with Crippen molar-refractivity contribution in [2.45, 2.75) is 17.6 Å². The van der Waals surface area contributed by atoms with E-state index in [4.69, 9.17) is 5.73 Å². The number of nitrogen functional groups attached to an aromatic ring is 1. The van der Waals surface area contributed by atoms with Crippen LogP contribution in [0.5, 0.6) is 0 Å². The Hall–Kier alpha value is -1.41. The molecule has 1 nitrogen and oxygen atoms in total. The zero-order valence-corrected chi connectivity index (χ0v) is 10.1. The Balaban J connectivity index is 2.02. The Labute approximate surface area is 101 Å². The molecule has 2 rings (SSSR count). The largest absolute Gasteiger partial charge is 0.398 e. The Morgan fingerprint density at radius 1 is 1.00 bits per heavy atom. The lowest BCUT2D eigenvalue weighted by atomic mass is 10.2. The SMILES string of the molecule is Cc1ccc(CSc2ccccc2N)cc1. The third-order valence-corrected chi connectivity index (χ3v) is 3.59. The summed E-state index contributed by atoms with van der Waals surface area (Å²) in [5.41, 5.74) is 9.38. The smallest absolute Gasteiger partial charge is 0.0452 e. The molecule has 0 bridgehead atoms. The van der Waals surface area contributed by atoms with Crippen LogP contribution < -0.4 is 5.73 Å². The van der Waals surface area contributed by atoms with Crippen molar-refractivity contribution >= 4 is 17.4 Å². The van der Waals surface area contributed by atoms with Crippen LogP contribution in [0.3, 0.4) is 0 Å². The van der Waals surface area contributed by atoms with Crippen molar-refractivity contribution in [2.75, 3.05) is 5.73 Å². The summed E-state index contributed by atoms with van der Waals surface area (Å²) in [5, 5.41) is 0. The van der Waals surface area contributed by atoms with Crippen molar-refractivity contribution in [3.05, 3.63) is 59.7 Å². The molecule has 2 aromatic rings. The van der Waals surface area contributed by atoms with Crippen molar-refractivity contribution in [1.29, 1.82) is 0 Å². The maximum atomic E-state index is 5.89. The van der Waals surface area contributed by atoms with Crippen LogP contribution in [0, 0.1) is 6.92 Å². The van der Waals surface area contributed by atoms with Crippen LogP contribution in [0.4, 0.5) is 5.69 Å². The van der Waals surface area contributed by atoms with Gasteiger partial charge >= 0.3 is 0 Å². The van der Waals surface area contributed by atoms with Gasteiger partial charge in [0.15, 0.2) is 0 Å². The molecule has 2 aromatic carbocycles. The summed E-state index contributed by atoms with van der Waals surface area (Å²) in [7, 11) is 0. The van der Waals surface area contributed by atoms with Crippen molar-refractivity contribution in [1.82, 2.24) is 0 Å². The molecule has 0 amide bonds. The van der Waals surface area contributed by atoms with Gasteiger partial charge in [0.1, 0.15) is 0 Å². The molecule has 0 saturated carbocycles. The Kier molecular flexibility index (Phi) is 3.52. The minimum Gasteiger partial charge on any atom is -0.398 e. The van der Waals surface area contributed by atoms with Gasteiger partial charge in [-0.3, -0.25) is 0 Å². The summed E-state index contributed by atoms with van der Waals surface area (Å²) in [6.45, 7) is 2.10. The fourth-order valence-electron chi connectivity index (χ4n) is 1.46. The van der Waals surface area contributed by atoms with E-state index in [9.17, 15) is 0 Å². The summed E-state index contributed by atoms with van der Waals surface area (Å²) in [6.07, 6.45) is 0. The second-order valence-corrected chi connectivity index (χ2v) is 4.83. The molecule has 0 atom stereocenters. The van der Waals surface area contributed by atoms with E-state index in [0.29, 0.717) is 0 Å². The molecular formula is C14H15NS. The molecule has 0 fully saturated rings. The van der Waals surface area contributed by atoms with E-state index in [1.54, 1.807) is 11.8 Å². The average Bonchev–Trinajstić information content (AvgIpc) is 2.30. The number of anilines is 1. The van der Waals surface area contributed by atoms with Gasteiger partial charge in [0.05, 0.1) is 0 Å². The third kappa shape index (κ3) is 2.80. The number of nitrogens with two attached hydrogens (primary N) is 1. The highest BCUT2D eigenvalue weighted by Gasteiger charge is 1.99. The van der Waals surface area contributed by atoms with Crippen LogP contribution in [0.25, 0.3) is 0 Å². The van der Waals surface area contributed by atoms with Gasteiger partial charge in [0.25, 0.3) is 0 Å². The minimum absolute atomic E-state index is 0.861. The number of aryl methyl sites for hydroxylation is 1. The maximum Gasteiger partial charge on any atom is 0.0452 e. The van der Waals surface area contributed by atoms with E-state index in [-0.39, 0.29) is 0 Å². The molecule has 0 heterocycles. The highest BCUT2D eigenvalue weighted by molar-refractivity contribution is 7.98. The Bertz CT molecular complexity index is 462. The van der Waals surface area contributed by atoms with Gasteiger partial charge in [0, 0.05) is 16.3 Å². The molecule has 0 aliphatic rings. The number of benzene rings is 2. The molecule has 2 N–H and O–H groups in total. The zero-order valence-electron chi connectivity index (χ0n) is 9.31. The van der Waals surface area contributed by atoms with Gasteiger partial charge in [-0.25, -0.2) is 0 Å². The summed E-state index contributed by atoms with van der Waals surface area (Å²) in [6, 6.07) is 16.6. The molecule has 16 heavy (non-hydrogen) atoms. The van der Waals surface area contributed by atoms with E-state index >= 15 is 0 Å².